The van der Waals surface area contributed by atoms with Crippen LogP contribution in [0, 0.1) is 0 Å². The van der Waals surface area contributed by atoms with Crippen LogP contribution in [0.1, 0.15) is 45.5 Å². The van der Waals surface area contributed by atoms with Crippen molar-refractivity contribution < 1.29 is 52.2 Å². The molecule has 39 heavy (non-hydrogen) atoms. The Morgan fingerprint density at radius 3 is 2.15 bits per heavy atom. The lowest BCUT2D eigenvalue weighted by atomic mass is 9.99. The van der Waals surface area contributed by atoms with Crippen LogP contribution in [-0.2, 0) is 25.6 Å². The number of nitrogens with one attached hydrogen (secondary N) is 1. The summed E-state index contributed by atoms with van der Waals surface area (Å²) < 4.78 is 31.7. The zero-order valence-corrected chi connectivity index (χ0v) is 20.7. The van der Waals surface area contributed by atoms with Gasteiger partial charge in [0.1, 0.15) is 6.04 Å². The molecule has 3 aliphatic rings. The fourth-order valence-corrected chi connectivity index (χ4v) is 4.65. The van der Waals surface area contributed by atoms with Gasteiger partial charge in [-0.05, 0) is 37.4 Å². The van der Waals surface area contributed by atoms with Crippen molar-refractivity contribution >= 4 is 35.6 Å². The van der Waals surface area contributed by atoms with Crippen LogP contribution in [0.15, 0.2) is 18.2 Å². The van der Waals surface area contributed by atoms with E-state index in [0.717, 1.165) is 36.5 Å². The van der Waals surface area contributed by atoms with E-state index in [1.807, 2.05) is 11.0 Å². The van der Waals surface area contributed by atoms with Gasteiger partial charge in [-0.2, -0.15) is 13.2 Å². The third kappa shape index (κ3) is 7.38. The summed E-state index contributed by atoms with van der Waals surface area (Å²) in [6, 6.07) is 4.22. The standard InChI is InChI=1S/C22H26N4O6.C2HF3O2/c27-17-7-6-16(20(30)23-17)26-21(31)15-5-1-3-14(19(15)22(26)32)4-2-8-24-9-11-25(12-10-24)13-18(28)29;3-2(4,5)1(6)7/h1,3,5,16H,2,4,6-13H2,(H,28,29)(H,23,27,30);(H,6,7). The molecule has 1 unspecified atom stereocenters. The lowest BCUT2D eigenvalue weighted by Gasteiger charge is -2.33. The first-order chi connectivity index (χ1) is 18.3. The van der Waals surface area contributed by atoms with Crippen LogP contribution < -0.4 is 5.32 Å². The Morgan fingerprint density at radius 1 is 0.974 bits per heavy atom. The number of amides is 4. The summed E-state index contributed by atoms with van der Waals surface area (Å²) in [4.78, 5) is 74.6. The highest BCUT2D eigenvalue weighted by Gasteiger charge is 2.45. The van der Waals surface area contributed by atoms with Crippen molar-refractivity contribution in [3.05, 3.63) is 34.9 Å². The van der Waals surface area contributed by atoms with Crippen LogP contribution in [0.3, 0.4) is 0 Å². The van der Waals surface area contributed by atoms with E-state index in [2.05, 4.69) is 10.2 Å². The summed E-state index contributed by atoms with van der Waals surface area (Å²) in [6.45, 7) is 3.87. The van der Waals surface area contributed by atoms with Gasteiger partial charge in [0.25, 0.3) is 11.8 Å². The summed E-state index contributed by atoms with van der Waals surface area (Å²) in [5.41, 5.74) is 1.44. The average molecular weight is 556 g/mol. The topological polar surface area (TPSA) is 165 Å². The van der Waals surface area contributed by atoms with Crippen LogP contribution in [0.4, 0.5) is 13.2 Å². The number of alkyl halides is 3. The first-order valence-corrected chi connectivity index (χ1v) is 12.1. The summed E-state index contributed by atoms with van der Waals surface area (Å²) in [6.07, 6.45) is -3.45. The summed E-state index contributed by atoms with van der Waals surface area (Å²) >= 11 is 0. The molecule has 3 aliphatic heterocycles. The molecule has 0 spiro atoms. The molecule has 0 radical (unpaired) electrons. The highest BCUT2D eigenvalue weighted by Crippen LogP contribution is 2.30. The molecule has 1 atom stereocenters. The molecule has 1 aromatic carbocycles. The van der Waals surface area contributed by atoms with E-state index < -0.39 is 47.8 Å². The van der Waals surface area contributed by atoms with Crippen molar-refractivity contribution in [3.8, 4) is 0 Å². The molecule has 2 saturated heterocycles. The molecule has 212 valence electrons. The third-order valence-electron chi connectivity index (χ3n) is 6.54. The normalized spacial score (nSPS) is 20.3. The molecular weight excluding hydrogens is 529 g/mol. The Kier molecular flexibility index (Phi) is 9.40. The molecule has 4 amide bonds. The van der Waals surface area contributed by atoms with Gasteiger partial charge >= 0.3 is 18.1 Å². The van der Waals surface area contributed by atoms with Crippen molar-refractivity contribution in [1.29, 1.82) is 0 Å². The fraction of sp³-hybridized carbons (Fsp3) is 0.500. The second-order valence-corrected chi connectivity index (χ2v) is 9.20. The van der Waals surface area contributed by atoms with Gasteiger partial charge in [-0.1, -0.05) is 12.1 Å². The molecule has 3 heterocycles. The average Bonchev–Trinajstić information content (AvgIpc) is 3.10. The number of carbonyl (C=O) groups is 6. The Hall–Kier alpha value is -3.85. The van der Waals surface area contributed by atoms with Crippen molar-refractivity contribution in [2.24, 2.45) is 0 Å². The highest BCUT2D eigenvalue weighted by molar-refractivity contribution is 6.24. The van der Waals surface area contributed by atoms with E-state index in [0.29, 0.717) is 30.6 Å². The monoisotopic (exact) mass is 556 g/mol. The smallest absolute Gasteiger partial charge is 0.480 e. The number of piperazine rings is 1. The van der Waals surface area contributed by atoms with Crippen LogP contribution >= 0.6 is 0 Å². The maximum Gasteiger partial charge on any atom is 0.490 e. The maximum absolute atomic E-state index is 13.1. The molecule has 15 heteroatoms. The third-order valence-corrected chi connectivity index (χ3v) is 6.54. The Labute approximate surface area is 220 Å². The van der Waals surface area contributed by atoms with E-state index in [9.17, 15) is 37.1 Å². The Balaban J connectivity index is 0.000000532. The highest BCUT2D eigenvalue weighted by atomic mass is 19.4. The lowest BCUT2D eigenvalue weighted by Crippen LogP contribution is -2.54. The largest absolute Gasteiger partial charge is 0.490 e. The number of carboxylic acids is 2. The second kappa shape index (κ2) is 12.3. The molecule has 1 aromatic rings. The van der Waals surface area contributed by atoms with E-state index in [1.165, 1.54) is 0 Å². The molecule has 2 fully saturated rings. The molecule has 12 nitrogen and oxygen atoms in total. The zero-order valence-electron chi connectivity index (χ0n) is 20.7. The molecule has 0 bridgehead atoms. The number of hydrogen-bond acceptors (Lipinski definition) is 8. The minimum atomic E-state index is -5.08. The molecule has 0 aliphatic carbocycles. The van der Waals surface area contributed by atoms with Crippen molar-refractivity contribution in [2.75, 3.05) is 39.3 Å². The van der Waals surface area contributed by atoms with E-state index in [-0.39, 0.29) is 19.4 Å². The number of benzene rings is 1. The number of carboxylic acid groups (broad SMARTS) is 2. The summed E-state index contributed by atoms with van der Waals surface area (Å²) in [7, 11) is 0. The SMILES string of the molecule is O=C(O)C(F)(F)F.O=C(O)CN1CCN(CCCc2cccc3c2C(=O)N(C2CCC(=O)NC2=O)C3=O)CC1. The number of rotatable bonds is 7. The van der Waals surface area contributed by atoms with Gasteiger partial charge in [0.2, 0.25) is 11.8 Å². The number of fused-ring (bicyclic) bond motifs is 1. The first-order valence-electron chi connectivity index (χ1n) is 12.1. The number of aryl methyl sites for hydroxylation is 1. The van der Waals surface area contributed by atoms with E-state index in [4.69, 9.17) is 15.0 Å². The van der Waals surface area contributed by atoms with Crippen molar-refractivity contribution in [3.63, 3.8) is 0 Å². The van der Waals surface area contributed by atoms with Crippen molar-refractivity contribution in [2.45, 2.75) is 37.9 Å². The van der Waals surface area contributed by atoms with Crippen LogP contribution in [-0.4, -0.2) is 112 Å². The fourth-order valence-electron chi connectivity index (χ4n) is 4.65. The van der Waals surface area contributed by atoms with Gasteiger partial charge in [-0.15, -0.1) is 0 Å². The Bertz CT molecular complexity index is 1160. The lowest BCUT2D eigenvalue weighted by molar-refractivity contribution is -0.192. The predicted molar refractivity (Wildman–Crippen MR) is 126 cm³/mol. The van der Waals surface area contributed by atoms with Crippen LogP contribution in [0.2, 0.25) is 0 Å². The van der Waals surface area contributed by atoms with Gasteiger partial charge in [-0.3, -0.25) is 39.1 Å². The molecule has 3 N–H and O–H groups in total. The molecular formula is C24H27F3N4O8. The van der Waals surface area contributed by atoms with E-state index >= 15 is 0 Å². The van der Waals surface area contributed by atoms with Crippen molar-refractivity contribution in [1.82, 2.24) is 20.0 Å². The number of hydrogen-bond donors (Lipinski definition) is 3. The molecule has 4 rings (SSSR count). The minimum absolute atomic E-state index is 0.0593. The summed E-state index contributed by atoms with van der Waals surface area (Å²) in [5, 5.41) is 18.2. The second-order valence-electron chi connectivity index (χ2n) is 9.20. The Morgan fingerprint density at radius 2 is 1.59 bits per heavy atom. The maximum atomic E-state index is 13.1. The van der Waals surface area contributed by atoms with Gasteiger partial charge in [0, 0.05) is 32.6 Å². The number of piperidine rings is 1. The van der Waals surface area contributed by atoms with E-state index in [1.54, 1.807) is 12.1 Å². The molecule has 0 aromatic heterocycles. The first kappa shape index (κ1) is 29.7. The minimum Gasteiger partial charge on any atom is -0.480 e. The van der Waals surface area contributed by atoms with Gasteiger partial charge in [0.15, 0.2) is 0 Å². The summed E-state index contributed by atoms with van der Waals surface area (Å²) in [5.74, 6) is -5.55. The van der Waals surface area contributed by atoms with Crippen LogP contribution in [0.5, 0.6) is 0 Å². The zero-order chi connectivity index (χ0) is 28.9. The van der Waals surface area contributed by atoms with Gasteiger partial charge in [0.05, 0.1) is 17.7 Å². The van der Waals surface area contributed by atoms with Gasteiger partial charge < -0.3 is 15.1 Å². The number of carbonyl (C=O) groups excluding carboxylic acids is 4. The predicted octanol–water partition coefficient (Wildman–Crippen LogP) is 0.356. The van der Waals surface area contributed by atoms with Crippen LogP contribution in [0.25, 0.3) is 0 Å². The quantitative estimate of drug-likeness (QED) is 0.399. The number of nitrogens with zero attached hydrogens (tertiary/aromatic N) is 3. The molecule has 0 saturated carbocycles. The number of aliphatic carboxylic acids is 2. The number of halogens is 3. The van der Waals surface area contributed by atoms with Gasteiger partial charge in [-0.25, -0.2) is 4.79 Å². The number of imide groups is 2.